The van der Waals surface area contributed by atoms with Crippen molar-refractivity contribution in [1.29, 1.82) is 0 Å². The van der Waals surface area contributed by atoms with Gasteiger partial charge in [0.1, 0.15) is 0 Å². The SMILES string of the molecule is C/C(=C/CN)CN(CC1=NCc2ccccc2C1)[C@H]1CCCc2cccnc21. The molecule has 1 atom stereocenters. The molecule has 2 N–H and O–H groups in total. The maximum Gasteiger partial charge on any atom is 0.0642 e. The minimum absolute atomic E-state index is 0.353. The molecule has 0 amide bonds. The highest BCUT2D eigenvalue weighted by Crippen LogP contribution is 2.33. The first-order valence-electron chi connectivity index (χ1n) is 10.4. The second-order valence-electron chi connectivity index (χ2n) is 7.97. The molecule has 1 aliphatic heterocycles. The number of hydrogen-bond donors (Lipinski definition) is 1. The summed E-state index contributed by atoms with van der Waals surface area (Å²) in [7, 11) is 0. The molecule has 28 heavy (non-hydrogen) atoms. The van der Waals surface area contributed by atoms with Gasteiger partial charge in [0.05, 0.1) is 18.3 Å². The number of rotatable bonds is 6. The molecule has 2 aromatic rings. The Labute approximate surface area is 168 Å². The van der Waals surface area contributed by atoms with Gasteiger partial charge in [0.2, 0.25) is 0 Å². The van der Waals surface area contributed by atoms with Crippen LogP contribution in [0.2, 0.25) is 0 Å². The van der Waals surface area contributed by atoms with E-state index in [-0.39, 0.29) is 0 Å². The van der Waals surface area contributed by atoms with E-state index in [1.54, 1.807) is 0 Å². The molecule has 1 aromatic heterocycles. The van der Waals surface area contributed by atoms with Gasteiger partial charge < -0.3 is 5.73 Å². The summed E-state index contributed by atoms with van der Waals surface area (Å²) in [6.07, 6.45) is 8.53. The van der Waals surface area contributed by atoms with E-state index in [0.717, 1.165) is 38.9 Å². The third kappa shape index (κ3) is 4.23. The summed E-state index contributed by atoms with van der Waals surface area (Å²) >= 11 is 0. The van der Waals surface area contributed by atoms with E-state index in [9.17, 15) is 0 Å². The minimum Gasteiger partial charge on any atom is -0.327 e. The highest BCUT2D eigenvalue weighted by atomic mass is 15.2. The third-order valence-electron chi connectivity index (χ3n) is 5.90. The summed E-state index contributed by atoms with van der Waals surface area (Å²) in [6.45, 7) is 5.38. The molecule has 0 fully saturated rings. The number of aliphatic imine (C=N–C) groups is 1. The van der Waals surface area contributed by atoms with Crippen LogP contribution in [0.15, 0.2) is 59.2 Å². The Bertz CT molecular complexity index is 884. The molecular formula is C24H30N4. The molecule has 4 heteroatoms. The van der Waals surface area contributed by atoms with Crippen LogP contribution in [0.3, 0.4) is 0 Å². The van der Waals surface area contributed by atoms with E-state index in [0.29, 0.717) is 12.6 Å². The van der Waals surface area contributed by atoms with Gasteiger partial charge in [0.25, 0.3) is 0 Å². The average Bonchev–Trinajstić information content (AvgIpc) is 2.73. The molecule has 0 unspecified atom stereocenters. The van der Waals surface area contributed by atoms with Crippen molar-refractivity contribution < 1.29 is 0 Å². The van der Waals surface area contributed by atoms with Gasteiger partial charge in [-0.2, -0.15) is 0 Å². The van der Waals surface area contributed by atoms with Gasteiger partial charge in [0, 0.05) is 38.0 Å². The van der Waals surface area contributed by atoms with Crippen molar-refractivity contribution in [3.63, 3.8) is 0 Å². The second-order valence-corrected chi connectivity index (χ2v) is 7.97. The molecule has 2 aliphatic rings. The van der Waals surface area contributed by atoms with E-state index in [1.807, 2.05) is 6.20 Å². The number of hydrogen-bond acceptors (Lipinski definition) is 4. The van der Waals surface area contributed by atoms with Crippen molar-refractivity contribution in [2.75, 3.05) is 19.6 Å². The fourth-order valence-electron chi connectivity index (χ4n) is 4.50. The molecular weight excluding hydrogens is 344 g/mol. The summed E-state index contributed by atoms with van der Waals surface area (Å²) in [5.74, 6) is 0. The first kappa shape index (κ1) is 19.0. The molecule has 146 valence electrons. The van der Waals surface area contributed by atoms with E-state index >= 15 is 0 Å². The smallest absolute Gasteiger partial charge is 0.0642 e. The molecule has 4 nitrogen and oxygen atoms in total. The lowest BCUT2D eigenvalue weighted by Crippen LogP contribution is -2.38. The summed E-state index contributed by atoms with van der Waals surface area (Å²) in [6, 6.07) is 13.3. The molecule has 0 saturated carbocycles. The summed E-state index contributed by atoms with van der Waals surface area (Å²) in [4.78, 5) is 12.3. The number of aryl methyl sites for hydroxylation is 1. The molecule has 0 radical (unpaired) electrons. The Balaban J connectivity index is 1.59. The van der Waals surface area contributed by atoms with E-state index < -0.39 is 0 Å². The van der Waals surface area contributed by atoms with Crippen LogP contribution in [0.1, 0.15) is 48.2 Å². The average molecular weight is 375 g/mol. The Morgan fingerprint density at radius 3 is 2.86 bits per heavy atom. The predicted molar refractivity (Wildman–Crippen MR) is 116 cm³/mol. The maximum atomic E-state index is 5.77. The lowest BCUT2D eigenvalue weighted by atomic mass is 9.90. The normalized spacial score (nSPS) is 19.2. The van der Waals surface area contributed by atoms with Crippen molar-refractivity contribution in [2.45, 2.75) is 45.2 Å². The number of benzene rings is 1. The molecule has 2 heterocycles. The lowest BCUT2D eigenvalue weighted by molar-refractivity contribution is 0.215. The van der Waals surface area contributed by atoms with Crippen LogP contribution in [0.25, 0.3) is 0 Å². The van der Waals surface area contributed by atoms with Gasteiger partial charge in [-0.15, -0.1) is 0 Å². The van der Waals surface area contributed by atoms with Crippen LogP contribution in [0.5, 0.6) is 0 Å². The van der Waals surface area contributed by atoms with Crippen LogP contribution < -0.4 is 5.73 Å². The van der Waals surface area contributed by atoms with Crippen molar-refractivity contribution in [3.8, 4) is 0 Å². The summed E-state index contributed by atoms with van der Waals surface area (Å²) in [5.41, 5.74) is 13.8. The van der Waals surface area contributed by atoms with E-state index in [4.69, 9.17) is 15.7 Å². The number of fused-ring (bicyclic) bond motifs is 2. The molecule has 0 saturated heterocycles. The van der Waals surface area contributed by atoms with E-state index in [1.165, 1.54) is 40.1 Å². The van der Waals surface area contributed by atoms with Gasteiger partial charge >= 0.3 is 0 Å². The maximum absolute atomic E-state index is 5.77. The standard InChI is InChI=1S/C24H30N4/c1-18(11-12-25)16-28(23-10-4-8-19-9-5-13-26-24(19)23)17-22-14-20-6-2-3-7-21(20)15-27-22/h2-3,5-7,9,11,13,23H,4,8,10,12,14-17,25H2,1H3/b18-11-/t23-/m0/s1. The van der Waals surface area contributed by atoms with Crippen LogP contribution in [0.4, 0.5) is 0 Å². The van der Waals surface area contributed by atoms with Gasteiger partial charge in [-0.1, -0.05) is 42.0 Å². The zero-order valence-corrected chi connectivity index (χ0v) is 16.8. The van der Waals surface area contributed by atoms with Gasteiger partial charge in [0.15, 0.2) is 0 Å². The zero-order valence-electron chi connectivity index (χ0n) is 16.8. The molecule has 1 aliphatic carbocycles. The number of nitrogens with zero attached hydrogens (tertiary/aromatic N) is 3. The Morgan fingerprint density at radius 1 is 1.18 bits per heavy atom. The molecule has 0 bridgehead atoms. The highest BCUT2D eigenvalue weighted by molar-refractivity contribution is 5.89. The minimum atomic E-state index is 0.353. The highest BCUT2D eigenvalue weighted by Gasteiger charge is 2.28. The van der Waals surface area contributed by atoms with Crippen molar-refractivity contribution in [2.24, 2.45) is 10.7 Å². The Morgan fingerprint density at radius 2 is 2.00 bits per heavy atom. The first-order chi connectivity index (χ1) is 13.7. The van der Waals surface area contributed by atoms with Gasteiger partial charge in [-0.05, 0) is 48.9 Å². The molecule has 1 aromatic carbocycles. The Hall–Kier alpha value is -2.30. The largest absolute Gasteiger partial charge is 0.327 e. The van der Waals surface area contributed by atoms with Gasteiger partial charge in [-0.25, -0.2) is 0 Å². The van der Waals surface area contributed by atoms with Crippen LogP contribution in [-0.4, -0.2) is 35.2 Å². The summed E-state index contributed by atoms with van der Waals surface area (Å²) < 4.78 is 0. The quantitative estimate of drug-likeness (QED) is 0.781. The zero-order chi connectivity index (χ0) is 19.3. The number of nitrogens with two attached hydrogens (primary N) is 1. The predicted octanol–water partition coefficient (Wildman–Crippen LogP) is 3.86. The number of pyridine rings is 1. The van der Waals surface area contributed by atoms with Gasteiger partial charge in [-0.3, -0.25) is 14.9 Å². The second kappa shape index (κ2) is 8.80. The molecule has 0 spiro atoms. The lowest BCUT2D eigenvalue weighted by Gasteiger charge is -2.36. The van der Waals surface area contributed by atoms with E-state index in [2.05, 4.69) is 54.3 Å². The van der Waals surface area contributed by atoms with Crippen molar-refractivity contribution in [3.05, 3.63) is 76.6 Å². The van der Waals surface area contributed by atoms with Crippen LogP contribution >= 0.6 is 0 Å². The van der Waals surface area contributed by atoms with Crippen LogP contribution in [-0.2, 0) is 19.4 Å². The fraction of sp³-hybridized carbons (Fsp3) is 0.417. The van der Waals surface area contributed by atoms with Crippen LogP contribution in [0, 0.1) is 0 Å². The fourth-order valence-corrected chi connectivity index (χ4v) is 4.50. The number of aromatic nitrogens is 1. The third-order valence-corrected chi connectivity index (χ3v) is 5.90. The van der Waals surface area contributed by atoms with Crippen molar-refractivity contribution >= 4 is 5.71 Å². The molecule has 4 rings (SSSR count). The monoisotopic (exact) mass is 374 g/mol. The summed E-state index contributed by atoms with van der Waals surface area (Å²) in [5, 5.41) is 0. The Kier molecular flexibility index (Phi) is 5.98. The first-order valence-corrected chi connectivity index (χ1v) is 10.4. The topological polar surface area (TPSA) is 54.5 Å². The van der Waals surface area contributed by atoms with Crippen molar-refractivity contribution in [1.82, 2.24) is 9.88 Å².